The van der Waals surface area contributed by atoms with Crippen LogP contribution in [-0.2, 0) is 10.0 Å². The lowest BCUT2D eigenvalue weighted by molar-refractivity contribution is 0.569. The average Bonchev–Trinajstić information content (AvgIpc) is 2.35. The van der Waals surface area contributed by atoms with E-state index in [-0.39, 0.29) is 17.3 Å². The first-order chi connectivity index (χ1) is 8.77. The second-order valence-corrected chi connectivity index (χ2v) is 7.33. The van der Waals surface area contributed by atoms with Crippen LogP contribution in [-0.4, -0.2) is 19.8 Å². The highest BCUT2D eigenvalue weighted by Crippen LogP contribution is 2.26. The molecule has 0 saturated heterocycles. The van der Waals surface area contributed by atoms with E-state index in [2.05, 4.69) is 11.6 Å². The molecule has 2 atom stereocenters. The molecule has 0 amide bonds. The van der Waals surface area contributed by atoms with Gasteiger partial charge in [-0.1, -0.05) is 26.0 Å². The van der Waals surface area contributed by atoms with Crippen molar-refractivity contribution in [2.75, 3.05) is 0 Å². The zero-order valence-corrected chi connectivity index (χ0v) is 13.4. The Bertz CT molecular complexity index is 497. The molecule has 0 aliphatic rings. The van der Waals surface area contributed by atoms with Gasteiger partial charge in [0.15, 0.2) is 0 Å². The lowest BCUT2D eigenvalue weighted by Gasteiger charge is -2.17. The number of benzene rings is 1. The van der Waals surface area contributed by atoms with Gasteiger partial charge in [-0.2, -0.15) is 0 Å². The van der Waals surface area contributed by atoms with Gasteiger partial charge >= 0.3 is 0 Å². The van der Waals surface area contributed by atoms with Crippen molar-refractivity contribution < 1.29 is 8.42 Å². The number of hydrogen-bond donors (Lipinski definition) is 1. The van der Waals surface area contributed by atoms with E-state index in [1.165, 1.54) is 0 Å². The first kappa shape index (κ1) is 16.5. The number of rotatable bonds is 6. The van der Waals surface area contributed by atoms with Crippen molar-refractivity contribution in [2.45, 2.75) is 56.3 Å². The van der Waals surface area contributed by atoms with Crippen LogP contribution in [0.5, 0.6) is 0 Å². The van der Waals surface area contributed by atoms with E-state index in [4.69, 9.17) is 11.6 Å². The summed E-state index contributed by atoms with van der Waals surface area (Å²) < 4.78 is 26.5. The molecule has 0 spiro atoms. The van der Waals surface area contributed by atoms with E-state index in [0.717, 1.165) is 12.0 Å². The summed E-state index contributed by atoms with van der Waals surface area (Å²) in [5.41, 5.74) is 1.06. The predicted octanol–water partition coefficient (Wildman–Crippen LogP) is 3.49. The number of hydrogen-bond acceptors (Lipinski definition) is 2. The summed E-state index contributed by atoms with van der Waals surface area (Å²) in [6.07, 6.45) is 0.887. The third-order valence-electron chi connectivity index (χ3n) is 3.04. The van der Waals surface area contributed by atoms with Gasteiger partial charge in [-0.05, 0) is 43.9 Å². The van der Waals surface area contributed by atoms with Crippen molar-refractivity contribution >= 4 is 21.6 Å². The first-order valence-corrected chi connectivity index (χ1v) is 8.46. The van der Waals surface area contributed by atoms with Crippen LogP contribution in [0.4, 0.5) is 0 Å². The molecule has 0 aliphatic heterocycles. The van der Waals surface area contributed by atoms with E-state index in [0.29, 0.717) is 4.90 Å². The monoisotopic (exact) mass is 303 g/mol. The molecule has 1 aromatic carbocycles. The lowest BCUT2D eigenvalue weighted by atomic mass is 9.96. The third kappa shape index (κ3) is 4.48. The fourth-order valence-corrected chi connectivity index (χ4v) is 3.29. The van der Waals surface area contributed by atoms with Crippen LogP contribution in [0, 0.1) is 0 Å². The van der Waals surface area contributed by atoms with Crippen LogP contribution in [0.15, 0.2) is 29.2 Å². The summed E-state index contributed by atoms with van der Waals surface area (Å²) in [5, 5.41) is 0.0660. The Morgan fingerprint density at radius 2 is 1.68 bits per heavy atom. The topological polar surface area (TPSA) is 46.2 Å². The molecule has 1 rings (SSSR count). The highest BCUT2D eigenvalue weighted by molar-refractivity contribution is 7.89. The highest BCUT2D eigenvalue weighted by atomic mass is 35.5. The Hall–Kier alpha value is -0.580. The maximum Gasteiger partial charge on any atom is 0.240 e. The minimum absolute atomic E-state index is 0.0660. The van der Waals surface area contributed by atoms with E-state index in [1.807, 2.05) is 19.1 Å². The number of sulfonamides is 1. The first-order valence-electron chi connectivity index (χ1n) is 6.54. The molecule has 0 saturated carbocycles. The molecule has 2 unspecified atom stereocenters. The van der Waals surface area contributed by atoms with Gasteiger partial charge in [0.05, 0.1) is 4.90 Å². The third-order valence-corrected chi connectivity index (χ3v) is 5.40. The van der Waals surface area contributed by atoms with Crippen molar-refractivity contribution in [1.29, 1.82) is 0 Å². The SMILES string of the molecule is CCC(Cl)C(C)c1ccc(S(=O)(=O)NC(C)C)cc1. The molecule has 1 N–H and O–H groups in total. The van der Waals surface area contributed by atoms with Gasteiger partial charge in [0.2, 0.25) is 10.0 Å². The Morgan fingerprint density at radius 3 is 2.11 bits per heavy atom. The Kier molecular flexibility index (Phi) is 5.83. The fourth-order valence-electron chi connectivity index (χ4n) is 1.89. The summed E-state index contributed by atoms with van der Waals surface area (Å²) in [6.45, 7) is 7.69. The van der Waals surface area contributed by atoms with Crippen molar-refractivity contribution in [3.63, 3.8) is 0 Å². The second-order valence-electron chi connectivity index (χ2n) is 5.06. The molecular formula is C14H22ClNO2S. The van der Waals surface area contributed by atoms with Gasteiger partial charge in [-0.3, -0.25) is 0 Å². The van der Waals surface area contributed by atoms with Gasteiger partial charge in [-0.25, -0.2) is 13.1 Å². The van der Waals surface area contributed by atoms with Crippen molar-refractivity contribution in [3.05, 3.63) is 29.8 Å². The largest absolute Gasteiger partial charge is 0.240 e. The van der Waals surface area contributed by atoms with Crippen LogP contribution >= 0.6 is 11.6 Å². The van der Waals surface area contributed by atoms with Crippen molar-refractivity contribution in [1.82, 2.24) is 4.72 Å². The van der Waals surface area contributed by atoms with E-state index >= 15 is 0 Å². The maximum absolute atomic E-state index is 12.0. The molecule has 0 fully saturated rings. The molecule has 5 heteroatoms. The fraction of sp³-hybridized carbons (Fsp3) is 0.571. The molecule has 108 valence electrons. The molecule has 0 aromatic heterocycles. The second kappa shape index (κ2) is 6.73. The minimum Gasteiger partial charge on any atom is -0.209 e. The Labute approximate surface area is 121 Å². The number of halogens is 1. The average molecular weight is 304 g/mol. The van der Waals surface area contributed by atoms with Crippen LogP contribution in [0.25, 0.3) is 0 Å². The molecule has 0 bridgehead atoms. The number of alkyl halides is 1. The van der Waals surface area contributed by atoms with Crippen LogP contribution in [0.2, 0.25) is 0 Å². The lowest BCUT2D eigenvalue weighted by Crippen LogP contribution is -2.30. The van der Waals surface area contributed by atoms with E-state index in [9.17, 15) is 8.42 Å². The zero-order chi connectivity index (χ0) is 14.6. The van der Waals surface area contributed by atoms with Crippen LogP contribution in [0.3, 0.4) is 0 Å². The molecule has 3 nitrogen and oxygen atoms in total. The van der Waals surface area contributed by atoms with Gasteiger partial charge in [0.1, 0.15) is 0 Å². The molecule has 1 aromatic rings. The molecular weight excluding hydrogens is 282 g/mol. The summed E-state index contributed by atoms with van der Waals surface area (Å²) >= 11 is 6.22. The van der Waals surface area contributed by atoms with Crippen molar-refractivity contribution in [2.24, 2.45) is 0 Å². The summed E-state index contributed by atoms with van der Waals surface area (Å²) in [4.78, 5) is 0.291. The summed E-state index contributed by atoms with van der Waals surface area (Å²) in [6, 6.07) is 6.83. The standard InChI is InChI=1S/C14H22ClNO2S/c1-5-14(15)11(4)12-6-8-13(9-7-12)19(17,18)16-10(2)3/h6-11,14,16H,5H2,1-4H3. The molecule has 0 heterocycles. The summed E-state index contributed by atoms with van der Waals surface area (Å²) in [5.74, 6) is 0.210. The minimum atomic E-state index is -3.41. The van der Waals surface area contributed by atoms with Crippen LogP contribution in [0.1, 0.15) is 45.6 Å². The zero-order valence-electron chi connectivity index (χ0n) is 11.9. The smallest absolute Gasteiger partial charge is 0.209 e. The Balaban J connectivity index is 2.94. The summed E-state index contributed by atoms with van der Waals surface area (Å²) in [7, 11) is -3.41. The van der Waals surface area contributed by atoms with E-state index in [1.54, 1.807) is 26.0 Å². The van der Waals surface area contributed by atoms with Gasteiger partial charge in [-0.15, -0.1) is 11.6 Å². The molecule has 0 radical (unpaired) electrons. The van der Waals surface area contributed by atoms with Gasteiger partial charge in [0.25, 0.3) is 0 Å². The van der Waals surface area contributed by atoms with E-state index < -0.39 is 10.0 Å². The number of nitrogens with one attached hydrogen (secondary N) is 1. The normalized spacial score (nSPS) is 15.5. The van der Waals surface area contributed by atoms with Gasteiger partial charge < -0.3 is 0 Å². The Morgan fingerprint density at radius 1 is 1.16 bits per heavy atom. The van der Waals surface area contributed by atoms with Crippen molar-refractivity contribution in [3.8, 4) is 0 Å². The maximum atomic E-state index is 12.0. The molecule has 19 heavy (non-hydrogen) atoms. The quantitative estimate of drug-likeness (QED) is 0.818. The predicted molar refractivity (Wildman–Crippen MR) is 80.2 cm³/mol. The molecule has 0 aliphatic carbocycles. The highest BCUT2D eigenvalue weighted by Gasteiger charge is 2.18. The van der Waals surface area contributed by atoms with Crippen LogP contribution < -0.4 is 4.72 Å². The van der Waals surface area contributed by atoms with Gasteiger partial charge in [0, 0.05) is 11.4 Å².